The number of carbonyl (C=O) groups is 13. The lowest BCUT2D eigenvalue weighted by Crippen LogP contribution is -2.61. The van der Waals surface area contributed by atoms with E-state index >= 15 is 4.79 Å². The van der Waals surface area contributed by atoms with Crippen LogP contribution in [-0.4, -0.2) is 197 Å². The summed E-state index contributed by atoms with van der Waals surface area (Å²) in [5.74, 6) is -11.0. The molecule has 0 saturated carbocycles. The van der Waals surface area contributed by atoms with Crippen LogP contribution in [0.15, 0.2) is 121 Å². The summed E-state index contributed by atoms with van der Waals surface area (Å²) in [6.45, 7) is 13.3. The van der Waals surface area contributed by atoms with Crippen LogP contribution in [0.5, 0.6) is 0 Å². The Hall–Kier alpha value is -10.6. The maximum Gasteiger partial charge on any atom is 0.246 e. The van der Waals surface area contributed by atoms with Gasteiger partial charge in [0, 0.05) is 42.9 Å². The van der Waals surface area contributed by atoms with Gasteiger partial charge in [-0.25, -0.2) is 0 Å². The number of hydrogen-bond donors (Lipinski definition) is 17. The van der Waals surface area contributed by atoms with Gasteiger partial charge in [0.15, 0.2) is 0 Å². The molecule has 13 amide bonds. The summed E-state index contributed by atoms with van der Waals surface area (Å²) in [5.41, 5.74) is 27.0. The molecule has 1 saturated heterocycles. The number of primary amides is 1. The van der Waals surface area contributed by atoms with E-state index in [9.17, 15) is 62.6 Å². The number of fused-ring (bicyclic) bond motifs is 1. The van der Waals surface area contributed by atoms with E-state index in [1.165, 1.54) is 4.90 Å². The molecule has 616 valence electrons. The Bertz CT molecular complexity index is 3960. The van der Waals surface area contributed by atoms with E-state index in [0.29, 0.717) is 36.0 Å². The third-order valence-corrected chi connectivity index (χ3v) is 19.9. The highest BCUT2D eigenvalue weighted by Gasteiger charge is 2.42. The number of likely N-dealkylation sites (tertiary alicyclic amines) is 1. The predicted octanol–water partition coefficient (Wildman–Crippen LogP) is 0.861. The molecule has 31 nitrogen and oxygen atoms in total. The number of aliphatic hydroxyl groups excluding tert-OH is 1. The summed E-state index contributed by atoms with van der Waals surface area (Å²) in [6.07, 6.45) is 3.84. The summed E-state index contributed by atoms with van der Waals surface area (Å²) in [4.78, 5) is 189. The van der Waals surface area contributed by atoms with Gasteiger partial charge in [-0.05, 0) is 129 Å². The second-order valence-electron chi connectivity index (χ2n) is 30.4. The van der Waals surface area contributed by atoms with Crippen LogP contribution in [0, 0.1) is 23.7 Å². The minimum absolute atomic E-state index is 0.00392. The van der Waals surface area contributed by atoms with Crippen LogP contribution in [0.4, 0.5) is 0 Å². The van der Waals surface area contributed by atoms with Gasteiger partial charge in [-0.2, -0.15) is 0 Å². The quantitative estimate of drug-likeness (QED) is 0.0240. The Labute approximate surface area is 661 Å². The first kappa shape index (κ1) is 91.2. The highest BCUT2D eigenvalue weighted by molar-refractivity contribution is 6.00. The van der Waals surface area contributed by atoms with Gasteiger partial charge in [-0.1, -0.05) is 171 Å². The van der Waals surface area contributed by atoms with Crippen LogP contribution in [-0.2, 0) is 88.0 Å². The minimum atomic E-state index is -1.76. The Kier molecular flexibility index (Phi) is 37.5. The third kappa shape index (κ3) is 29.1. The fourth-order valence-electron chi connectivity index (χ4n) is 13.4. The molecule has 0 spiro atoms. The van der Waals surface area contributed by atoms with Gasteiger partial charge in [-0.3, -0.25) is 62.3 Å². The zero-order valence-electron chi connectivity index (χ0n) is 66.2. The van der Waals surface area contributed by atoms with E-state index in [2.05, 4.69) is 63.5 Å². The number of para-hydroxylation sites is 1. The molecule has 21 N–H and O–H groups in total. The van der Waals surface area contributed by atoms with Gasteiger partial charge < -0.3 is 96.4 Å². The second-order valence-corrected chi connectivity index (χ2v) is 30.4. The molecule has 31 heteroatoms. The lowest BCUT2D eigenvalue weighted by molar-refractivity contribution is -0.143. The van der Waals surface area contributed by atoms with Crippen LogP contribution >= 0.6 is 0 Å². The van der Waals surface area contributed by atoms with E-state index in [0.717, 1.165) is 16.5 Å². The summed E-state index contributed by atoms with van der Waals surface area (Å²) in [7, 11) is 0. The monoisotopic (exact) mass is 1570 g/mol. The highest BCUT2D eigenvalue weighted by atomic mass is 16.3. The van der Waals surface area contributed by atoms with Crippen molar-refractivity contribution in [1.29, 1.82) is 0 Å². The predicted molar refractivity (Wildman–Crippen MR) is 428 cm³/mol. The van der Waals surface area contributed by atoms with Gasteiger partial charge in [0.25, 0.3) is 0 Å². The van der Waals surface area contributed by atoms with Crippen LogP contribution in [0.3, 0.4) is 0 Å². The smallest absolute Gasteiger partial charge is 0.246 e. The fourth-order valence-corrected chi connectivity index (χ4v) is 13.4. The van der Waals surface area contributed by atoms with Crippen molar-refractivity contribution in [2.75, 3.05) is 32.8 Å². The van der Waals surface area contributed by atoms with Crippen molar-refractivity contribution in [2.45, 2.75) is 218 Å². The molecule has 4 aromatic carbocycles. The van der Waals surface area contributed by atoms with Gasteiger partial charge in [0.1, 0.15) is 66.5 Å². The van der Waals surface area contributed by atoms with Crippen LogP contribution in [0.2, 0.25) is 0 Å². The van der Waals surface area contributed by atoms with E-state index < -0.39 is 174 Å². The number of rotatable bonds is 47. The maximum atomic E-state index is 15.1. The molecule has 0 unspecified atom stereocenters. The second kappa shape index (κ2) is 46.4. The molecule has 13 atom stereocenters. The third-order valence-electron chi connectivity index (χ3n) is 19.9. The van der Waals surface area contributed by atoms with Gasteiger partial charge in [0.05, 0.1) is 19.2 Å². The first-order valence-corrected chi connectivity index (χ1v) is 39.3. The van der Waals surface area contributed by atoms with Gasteiger partial charge >= 0.3 is 0 Å². The number of aromatic amines is 1. The first-order valence-electron chi connectivity index (χ1n) is 39.3. The molecule has 5 aromatic rings. The van der Waals surface area contributed by atoms with Crippen LogP contribution < -0.4 is 81.4 Å². The number of nitrogens with two attached hydrogens (primary N) is 4. The van der Waals surface area contributed by atoms with E-state index in [4.69, 9.17) is 22.9 Å². The molecule has 1 aromatic heterocycles. The number of carbonyl (C=O) groups excluding carboxylic acids is 13. The van der Waals surface area contributed by atoms with E-state index in [1.54, 1.807) is 101 Å². The maximum absolute atomic E-state index is 15.1. The Morgan fingerprint density at radius 2 is 0.947 bits per heavy atom. The van der Waals surface area contributed by atoms with Crippen LogP contribution in [0.1, 0.15) is 142 Å². The minimum Gasteiger partial charge on any atom is -0.394 e. The lowest BCUT2D eigenvalue weighted by Gasteiger charge is -2.32. The SMILES string of the molecule is CC[C@H](C)[C@H](NC(=O)[C@H](CCCN)NC(=O)CNC(=O)[C@H](CC(C)C)NC(=O)[C@H](Cc1ccccc1)NC(=O)[C@H](CCCCN)NC(=O)[C@H](CO)NC(=O)[C@H](Cc1ccccc1)NC(=O)[C@H](Cc1c[nH]c2ccccc12)NC(=O)[C@@H]1CCCN1C(=O)[C@@H](NC(=O)[C@@H](N)Cc1ccccc1)C(C)C)C(=O)N[C@@H](CC(C)C)C(N)=O. The van der Waals surface area contributed by atoms with Crippen molar-refractivity contribution in [2.24, 2.45) is 46.6 Å². The van der Waals surface area contributed by atoms with E-state index in [-0.39, 0.29) is 102 Å². The molecular weight excluding hydrogens is 1450 g/mol. The lowest BCUT2D eigenvalue weighted by atomic mass is 9.96. The average molecular weight is 1570 g/mol. The number of aromatic nitrogens is 1. The fraction of sp³-hybridized carbons (Fsp3) is 0.524. The van der Waals surface area contributed by atoms with Crippen molar-refractivity contribution in [3.05, 3.63) is 144 Å². The molecule has 1 fully saturated rings. The molecule has 113 heavy (non-hydrogen) atoms. The topological polar surface area (TPSA) is 498 Å². The van der Waals surface area contributed by atoms with Crippen molar-refractivity contribution in [3.8, 4) is 0 Å². The van der Waals surface area contributed by atoms with Gasteiger partial charge in [-0.15, -0.1) is 0 Å². The Balaban J connectivity index is 1.19. The molecule has 0 aliphatic carbocycles. The zero-order valence-corrected chi connectivity index (χ0v) is 66.2. The van der Waals surface area contributed by atoms with Crippen LogP contribution in [0.25, 0.3) is 10.9 Å². The van der Waals surface area contributed by atoms with E-state index in [1.807, 2.05) is 75.4 Å². The number of hydrogen-bond acceptors (Lipinski definition) is 17. The standard InChI is InChI=1S/C82H119N17O14/c1-9-51(8)70(81(112)91-61(71(86)102)39-48(2)3)98-75(106)59(34-23-37-84)89-68(101)46-88-73(104)62(40-49(4)5)92-76(107)63(42-53-27-15-11-16-28-53)93-74(105)60(33-21-22-36-83)90-79(110)66(47-100)96-77(108)64(43-54-29-17-12-18-30-54)94-78(109)65(44-55-45-87-58-32-20-19-31-56(55)58)95-80(111)67-35-24-38-99(67)82(113)69(50(6)7)97-72(103)57(85)41-52-25-13-10-14-26-52/h10-20,25-32,45,48-51,57,59-67,69-70,87,100H,9,21-24,33-44,46-47,83-85H2,1-8H3,(H2,86,102)(H,88,104)(H,89,101)(H,90,110)(H,91,112)(H,92,107)(H,93,105)(H,94,109)(H,95,111)(H,96,108)(H,97,103)(H,98,106)/t51-,57-,59-,60-,61-,62-,63-,64-,65-,66-,67-,69-,70-/m0/s1. The number of amides is 13. The number of H-pyrrole nitrogens is 1. The first-order chi connectivity index (χ1) is 53.9. The molecular formula is C82H119N17O14. The number of benzene rings is 4. The summed E-state index contributed by atoms with van der Waals surface area (Å²) in [5, 5.41) is 41.5. The van der Waals surface area contributed by atoms with Crippen molar-refractivity contribution in [3.63, 3.8) is 0 Å². The Morgan fingerprint density at radius 3 is 1.49 bits per heavy atom. The van der Waals surface area contributed by atoms with Gasteiger partial charge in [0.2, 0.25) is 76.8 Å². The summed E-state index contributed by atoms with van der Waals surface area (Å²) < 4.78 is 0. The summed E-state index contributed by atoms with van der Waals surface area (Å²) in [6, 6.07) is 18.5. The summed E-state index contributed by atoms with van der Waals surface area (Å²) >= 11 is 0. The molecule has 0 radical (unpaired) electrons. The number of aliphatic hydroxyl groups is 1. The van der Waals surface area contributed by atoms with Crippen molar-refractivity contribution < 1.29 is 67.4 Å². The molecule has 0 bridgehead atoms. The molecule has 1 aliphatic heterocycles. The Morgan fingerprint density at radius 1 is 0.487 bits per heavy atom. The molecule has 1 aliphatic rings. The largest absolute Gasteiger partial charge is 0.394 e. The van der Waals surface area contributed by atoms with Crippen molar-refractivity contribution >= 4 is 87.7 Å². The van der Waals surface area contributed by atoms with Crippen molar-refractivity contribution in [1.82, 2.24) is 68.4 Å². The zero-order chi connectivity index (χ0) is 82.8. The number of nitrogens with zero attached hydrogens (tertiary/aromatic N) is 1. The number of unbranched alkanes of at least 4 members (excludes halogenated alkanes) is 1. The normalized spacial score (nSPS) is 15.9. The average Bonchev–Trinajstić information content (AvgIpc) is 1.70. The molecule has 6 rings (SSSR count). The highest BCUT2D eigenvalue weighted by Crippen LogP contribution is 2.24. The number of nitrogens with one attached hydrogen (secondary N) is 12. The molecule has 2 heterocycles.